The highest BCUT2D eigenvalue weighted by Crippen LogP contribution is 2.22. The third-order valence-electron chi connectivity index (χ3n) is 3.37. The van der Waals surface area contributed by atoms with Crippen molar-refractivity contribution in [2.45, 2.75) is 44.2 Å². The average molecular weight is 237 g/mol. The zero-order valence-electron chi connectivity index (χ0n) is 10.1. The van der Waals surface area contributed by atoms with Gasteiger partial charge in [0, 0.05) is 5.56 Å². The molecule has 1 aliphatic rings. The standard InChI is InChI=1S/C14H20FNO/c15-13-9-5-4-8-12(13)14(16)10-17-11-6-2-1-3-7-11/h4-5,8-9,11,14H,1-3,6-7,10,16H2. The van der Waals surface area contributed by atoms with Gasteiger partial charge in [0.15, 0.2) is 0 Å². The van der Waals surface area contributed by atoms with Gasteiger partial charge in [-0.05, 0) is 18.9 Å². The van der Waals surface area contributed by atoms with Gasteiger partial charge in [-0.25, -0.2) is 4.39 Å². The molecule has 1 saturated carbocycles. The van der Waals surface area contributed by atoms with E-state index in [4.69, 9.17) is 10.5 Å². The van der Waals surface area contributed by atoms with Gasteiger partial charge in [-0.3, -0.25) is 0 Å². The van der Waals surface area contributed by atoms with Gasteiger partial charge in [-0.15, -0.1) is 0 Å². The Balaban J connectivity index is 1.84. The van der Waals surface area contributed by atoms with Crippen LogP contribution in [-0.2, 0) is 4.74 Å². The summed E-state index contributed by atoms with van der Waals surface area (Å²) in [6.45, 7) is 0.408. The first-order chi connectivity index (χ1) is 8.27. The van der Waals surface area contributed by atoms with Gasteiger partial charge in [0.05, 0.1) is 18.8 Å². The van der Waals surface area contributed by atoms with Crippen LogP contribution < -0.4 is 5.73 Å². The van der Waals surface area contributed by atoms with E-state index in [0.717, 1.165) is 12.8 Å². The summed E-state index contributed by atoms with van der Waals surface area (Å²) in [5, 5.41) is 0. The van der Waals surface area contributed by atoms with E-state index in [0.29, 0.717) is 18.3 Å². The second-order valence-corrected chi connectivity index (χ2v) is 4.72. The molecule has 0 amide bonds. The molecule has 1 fully saturated rings. The van der Waals surface area contributed by atoms with Gasteiger partial charge in [-0.2, -0.15) is 0 Å². The van der Waals surface area contributed by atoms with Crippen molar-refractivity contribution in [3.63, 3.8) is 0 Å². The van der Waals surface area contributed by atoms with E-state index in [9.17, 15) is 4.39 Å². The molecule has 2 nitrogen and oxygen atoms in total. The Bertz CT molecular complexity index is 350. The maximum atomic E-state index is 13.5. The molecule has 1 atom stereocenters. The lowest BCUT2D eigenvalue weighted by Crippen LogP contribution is -2.24. The maximum Gasteiger partial charge on any atom is 0.128 e. The molecule has 2 N–H and O–H groups in total. The van der Waals surface area contributed by atoms with Crippen LogP contribution in [0.5, 0.6) is 0 Å². The normalized spacial score (nSPS) is 19.2. The van der Waals surface area contributed by atoms with Gasteiger partial charge in [-0.1, -0.05) is 37.5 Å². The van der Waals surface area contributed by atoms with Crippen LogP contribution in [0, 0.1) is 5.82 Å². The molecule has 0 saturated heterocycles. The number of ether oxygens (including phenoxy) is 1. The topological polar surface area (TPSA) is 35.2 Å². The molecule has 0 spiro atoms. The lowest BCUT2D eigenvalue weighted by Gasteiger charge is -2.24. The molecule has 94 valence electrons. The van der Waals surface area contributed by atoms with Crippen LogP contribution >= 0.6 is 0 Å². The quantitative estimate of drug-likeness (QED) is 0.873. The summed E-state index contributed by atoms with van der Waals surface area (Å²) in [7, 11) is 0. The average Bonchev–Trinajstić information content (AvgIpc) is 2.38. The molecule has 3 heteroatoms. The van der Waals surface area contributed by atoms with E-state index in [-0.39, 0.29) is 11.9 Å². The van der Waals surface area contributed by atoms with Gasteiger partial charge in [0.2, 0.25) is 0 Å². The Hall–Kier alpha value is -0.930. The lowest BCUT2D eigenvalue weighted by molar-refractivity contribution is 0.0202. The molecule has 0 radical (unpaired) electrons. The minimum Gasteiger partial charge on any atom is -0.376 e. The third kappa shape index (κ3) is 3.51. The summed E-state index contributed by atoms with van der Waals surface area (Å²) >= 11 is 0. The van der Waals surface area contributed by atoms with Crippen LogP contribution in [-0.4, -0.2) is 12.7 Å². The Labute approximate surface area is 102 Å². The highest BCUT2D eigenvalue weighted by Gasteiger charge is 2.17. The SMILES string of the molecule is NC(COC1CCCCC1)c1ccccc1F. The van der Waals surface area contributed by atoms with E-state index >= 15 is 0 Å². The van der Waals surface area contributed by atoms with E-state index in [2.05, 4.69) is 0 Å². The molecule has 0 aromatic heterocycles. The molecule has 1 aliphatic carbocycles. The molecule has 1 unspecified atom stereocenters. The van der Waals surface area contributed by atoms with Crippen molar-refractivity contribution < 1.29 is 9.13 Å². The zero-order chi connectivity index (χ0) is 12.1. The molecule has 0 heterocycles. The molecule has 1 aromatic rings. The second kappa shape index (κ2) is 6.12. The summed E-state index contributed by atoms with van der Waals surface area (Å²) < 4.78 is 19.2. The zero-order valence-corrected chi connectivity index (χ0v) is 10.1. The molecular formula is C14H20FNO. The molecule has 0 bridgehead atoms. The molecule has 1 aromatic carbocycles. The third-order valence-corrected chi connectivity index (χ3v) is 3.37. The molecule has 0 aliphatic heterocycles. The van der Waals surface area contributed by atoms with Crippen LogP contribution in [0.2, 0.25) is 0 Å². The summed E-state index contributed by atoms with van der Waals surface area (Å²) in [6, 6.07) is 6.28. The second-order valence-electron chi connectivity index (χ2n) is 4.72. The van der Waals surface area contributed by atoms with Gasteiger partial charge in [0.1, 0.15) is 5.82 Å². The summed E-state index contributed by atoms with van der Waals surface area (Å²) in [5.41, 5.74) is 6.49. The summed E-state index contributed by atoms with van der Waals surface area (Å²) in [5.74, 6) is -0.243. The van der Waals surface area contributed by atoms with Gasteiger partial charge < -0.3 is 10.5 Å². The monoisotopic (exact) mass is 237 g/mol. The van der Waals surface area contributed by atoms with Crippen LogP contribution in [0.4, 0.5) is 4.39 Å². The highest BCUT2D eigenvalue weighted by molar-refractivity contribution is 5.20. The number of halogens is 1. The fraction of sp³-hybridized carbons (Fsp3) is 0.571. The Morgan fingerprint density at radius 2 is 1.94 bits per heavy atom. The predicted octanol–water partition coefficient (Wildman–Crippen LogP) is 3.17. The van der Waals surface area contributed by atoms with Crippen molar-refractivity contribution in [2.75, 3.05) is 6.61 Å². The van der Waals surface area contributed by atoms with Crippen LogP contribution in [0.1, 0.15) is 43.7 Å². The number of hydrogen-bond donors (Lipinski definition) is 1. The van der Waals surface area contributed by atoms with E-state index in [1.54, 1.807) is 18.2 Å². The Kier molecular flexibility index (Phi) is 4.51. The lowest BCUT2D eigenvalue weighted by atomic mass is 9.98. The smallest absolute Gasteiger partial charge is 0.128 e. The van der Waals surface area contributed by atoms with Crippen LogP contribution in [0.15, 0.2) is 24.3 Å². The summed E-state index contributed by atoms with van der Waals surface area (Å²) in [6.07, 6.45) is 6.33. The maximum absolute atomic E-state index is 13.5. The minimum absolute atomic E-state index is 0.243. The first-order valence-corrected chi connectivity index (χ1v) is 6.39. The number of nitrogens with two attached hydrogens (primary N) is 1. The first kappa shape index (κ1) is 12.5. The van der Waals surface area contributed by atoms with Gasteiger partial charge in [0.25, 0.3) is 0 Å². The molecule has 2 rings (SSSR count). The van der Waals surface area contributed by atoms with Crippen molar-refractivity contribution in [2.24, 2.45) is 5.73 Å². The Morgan fingerprint density at radius 1 is 1.24 bits per heavy atom. The van der Waals surface area contributed by atoms with Crippen molar-refractivity contribution in [3.8, 4) is 0 Å². The summed E-state index contributed by atoms with van der Waals surface area (Å²) in [4.78, 5) is 0. The highest BCUT2D eigenvalue weighted by atomic mass is 19.1. The largest absolute Gasteiger partial charge is 0.376 e. The van der Waals surface area contributed by atoms with E-state index in [1.165, 1.54) is 25.3 Å². The van der Waals surface area contributed by atoms with E-state index in [1.807, 2.05) is 0 Å². The Morgan fingerprint density at radius 3 is 2.65 bits per heavy atom. The predicted molar refractivity (Wildman–Crippen MR) is 66.2 cm³/mol. The molecular weight excluding hydrogens is 217 g/mol. The molecule has 17 heavy (non-hydrogen) atoms. The number of benzene rings is 1. The van der Waals surface area contributed by atoms with Crippen LogP contribution in [0.3, 0.4) is 0 Å². The fourth-order valence-corrected chi connectivity index (χ4v) is 2.34. The number of hydrogen-bond acceptors (Lipinski definition) is 2. The van der Waals surface area contributed by atoms with Gasteiger partial charge >= 0.3 is 0 Å². The van der Waals surface area contributed by atoms with Crippen molar-refractivity contribution in [1.82, 2.24) is 0 Å². The van der Waals surface area contributed by atoms with Crippen molar-refractivity contribution >= 4 is 0 Å². The number of rotatable bonds is 4. The fourth-order valence-electron chi connectivity index (χ4n) is 2.34. The van der Waals surface area contributed by atoms with Crippen molar-refractivity contribution in [3.05, 3.63) is 35.6 Å². The first-order valence-electron chi connectivity index (χ1n) is 6.39. The van der Waals surface area contributed by atoms with E-state index < -0.39 is 0 Å². The minimum atomic E-state index is -0.363. The van der Waals surface area contributed by atoms with Crippen molar-refractivity contribution in [1.29, 1.82) is 0 Å². The van der Waals surface area contributed by atoms with Crippen LogP contribution in [0.25, 0.3) is 0 Å².